The Balaban J connectivity index is 0. The third-order valence-electron chi connectivity index (χ3n) is 0. The van der Waals surface area contributed by atoms with Crippen LogP contribution in [0.5, 0.6) is 0 Å². The second-order valence-electron chi connectivity index (χ2n) is 0. The molecule has 0 bridgehead atoms. The number of rotatable bonds is 0. The Bertz CT molecular complexity index is 3.90. The molecule has 0 amide bonds. The molecule has 0 spiro atoms. The van der Waals surface area contributed by atoms with Gasteiger partial charge in [-0.1, -0.05) is 37.1 Å². The maximum Gasteiger partial charge on any atom is 0.187 e. The lowest BCUT2D eigenvalue weighted by molar-refractivity contribution is 2.50. The lowest BCUT2D eigenvalue weighted by Gasteiger charge is -0.0786. The molecule has 0 rings (SSSR count). The Morgan fingerprint density at radius 2 is 0.333 bits per heavy atom. The fourth-order valence-corrected chi connectivity index (χ4v) is 0. The summed E-state index contributed by atoms with van der Waals surface area (Å²) in [4.78, 5) is 0. The first-order valence-electron chi connectivity index (χ1n) is 0. The van der Waals surface area contributed by atoms with E-state index in [-0.39, 0.29) is 54.5 Å². The molecule has 0 fully saturated rings. The van der Waals surface area contributed by atoms with Gasteiger partial charge in [-0.2, -0.15) is 0 Å². The first-order valence-corrected chi connectivity index (χ1v) is 0. The third-order valence-corrected chi connectivity index (χ3v) is 0. The molecule has 46 valence electrons. The summed E-state index contributed by atoms with van der Waals surface area (Å²) in [5.41, 5.74) is 0. The average molecular weight is 110 g/mol. The van der Waals surface area contributed by atoms with E-state index in [1.807, 2.05) is 0 Å². The van der Waals surface area contributed by atoms with Gasteiger partial charge < -0.3 is 0 Å². The summed E-state index contributed by atoms with van der Waals surface area (Å²) in [5, 5.41) is 0. The highest BCUT2D eigenvalue weighted by molar-refractivity contribution is 5.75. The van der Waals surface area contributed by atoms with E-state index in [2.05, 4.69) is 0 Å². The Kier molecular flexibility index (Phi) is 47100. The molecule has 0 radical (unpaired) electrons. The molecule has 6 heavy (non-hydrogen) atoms. The van der Waals surface area contributed by atoms with Gasteiger partial charge in [0, 0.05) is 0 Å². The topological polar surface area (TPSA) is 0 Å². The van der Waals surface area contributed by atoms with Crippen molar-refractivity contribution in [1.29, 1.82) is 0 Å². The van der Waals surface area contributed by atoms with E-state index < -0.39 is 0 Å². The summed E-state index contributed by atoms with van der Waals surface area (Å²) >= 11 is 0. The summed E-state index contributed by atoms with van der Waals surface area (Å²) < 4.78 is 0. The normalized spacial score (nSPS) is 0. The van der Waals surface area contributed by atoms with Crippen molar-refractivity contribution >= 4 is 17.4 Å². The van der Waals surface area contributed by atoms with Crippen LogP contribution in [0.1, 0.15) is 37.1 Å². The fraction of sp³-hybridized carbons (Fsp3) is 1.00. The molecule has 0 N–H and O–H groups in total. The van der Waals surface area contributed by atoms with Crippen LogP contribution in [-0.4, -0.2) is 17.4 Å². The van der Waals surface area contributed by atoms with E-state index >= 15 is 0 Å². The van der Waals surface area contributed by atoms with Crippen LogP contribution < -0.4 is 0 Å². The first-order chi connectivity index (χ1) is 0. The van der Waals surface area contributed by atoms with E-state index in [1.165, 1.54) is 0 Å². The zero-order valence-corrected chi connectivity index (χ0v) is 0. The lowest BCUT2D eigenvalue weighted by Crippen LogP contribution is -0.381. The molecule has 0 saturated carbocycles. The van der Waals surface area contributed by atoms with Gasteiger partial charge in [0.1, 0.15) is 0 Å². The van der Waals surface area contributed by atoms with Crippen molar-refractivity contribution in [3.8, 4) is 0 Å². The Morgan fingerprint density at radius 3 is 0.333 bits per heavy atom. The molecular formula is C5H23Al. The molecule has 0 aliphatic carbocycles. The molecule has 0 saturated heterocycles. The van der Waals surface area contributed by atoms with E-state index in [1.54, 1.807) is 0 Å². The van der Waals surface area contributed by atoms with Crippen molar-refractivity contribution < 1.29 is 0 Å². The standard InChI is InChI=1S/5CH4.Al.3H/h5*1H4;;;;. The van der Waals surface area contributed by atoms with Crippen LogP contribution >= 0.6 is 0 Å². The van der Waals surface area contributed by atoms with E-state index in [0.717, 1.165) is 0 Å². The van der Waals surface area contributed by atoms with Gasteiger partial charge in [0.05, 0.1) is 0 Å². The van der Waals surface area contributed by atoms with Gasteiger partial charge in [-0.05, 0) is 0 Å². The highest BCUT2D eigenvalue weighted by atomic mass is 27.0. The Labute approximate surface area is 55.1 Å². The van der Waals surface area contributed by atoms with Crippen LogP contribution in [0.3, 0.4) is 0 Å². The highest BCUT2D eigenvalue weighted by Gasteiger charge is 0.187. The fourth-order valence-electron chi connectivity index (χ4n) is 0. The zero-order valence-electron chi connectivity index (χ0n) is 0. The van der Waals surface area contributed by atoms with E-state index in [4.69, 9.17) is 0 Å². The van der Waals surface area contributed by atoms with Crippen molar-refractivity contribution in [1.82, 2.24) is 0 Å². The molecule has 0 unspecified atom stereocenters. The van der Waals surface area contributed by atoms with Crippen LogP contribution in [0.4, 0.5) is 0 Å². The maximum absolute atomic E-state index is 0. The maximum atomic E-state index is 0. The van der Waals surface area contributed by atoms with Gasteiger partial charge in [0.15, 0.2) is 17.4 Å². The third kappa shape index (κ3) is 199. The van der Waals surface area contributed by atoms with Gasteiger partial charge in [-0.25, -0.2) is 0 Å². The predicted octanol–water partition coefficient (Wildman–Crippen LogP) is 2.00. The van der Waals surface area contributed by atoms with E-state index in [0.29, 0.717) is 0 Å². The van der Waals surface area contributed by atoms with Crippen molar-refractivity contribution in [3.05, 3.63) is 0 Å². The SMILES string of the molecule is C.C.C.C.C.[AlH3]. The minimum atomic E-state index is 0. The molecule has 0 aliphatic rings. The van der Waals surface area contributed by atoms with Crippen LogP contribution in [0.2, 0.25) is 0 Å². The summed E-state index contributed by atoms with van der Waals surface area (Å²) in [6.07, 6.45) is 0. The van der Waals surface area contributed by atoms with Crippen LogP contribution in [0.15, 0.2) is 0 Å². The highest BCUT2D eigenvalue weighted by Crippen LogP contribution is 0.148. The summed E-state index contributed by atoms with van der Waals surface area (Å²) in [6.45, 7) is 0. The Morgan fingerprint density at radius 1 is 0.333 bits per heavy atom. The minimum Gasteiger partial charge on any atom is -0.0776 e. The molecule has 0 aromatic carbocycles. The molecule has 0 heterocycles. The van der Waals surface area contributed by atoms with Crippen molar-refractivity contribution in [2.24, 2.45) is 0 Å². The molecule has 0 aromatic heterocycles. The molecule has 1 heteroatoms. The zero-order chi connectivity index (χ0) is 0. The van der Waals surface area contributed by atoms with Gasteiger partial charge in [0.2, 0.25) is 0 Å². The largest absolute Gasteiger partial charge is 0.187 e. The monoisotopic (exact) mass is 110 g/mol. The quantitative estimate of drug-likeness (QED) is 0.418. The van der Waals surface area contributed by atoms with Crippen molar-refractivity contribution in [3.63, 3.8) is 0 Å². The molecular weight excluding hydrogens is 87.0 g/mol. The van der Waals surface area contributed by atoms with Crippen molar-refractivity contribution in [2.45, 2.75) is 37.1 Å². The number of hydrogen-bond donors (Lipinski definition) is 0. The summed E-state index contributed by atoms with van der Waals surface area (Å²) in [6, 6.07) is 0. The van der Waals surface area contributed by atoms with Crippen molar-refractivity contribution in [2.75, 3.05) is 0 Å². The van der Waals surface area contributed by atoms with E-state index in [9.17, 15) is 0 Å². The second kappa shape index (κ2) is 401. The van der Waals surface area contributed by atoms with Crippen LogP contribution in [0, 0.1) is 0 Å². The molecule has 0 nitrogen and oxygen atoms in total. The second-order valence-corrected chi connectivity index (χ2v) is 0. The number of hydrogen-bond acceptors (Lipinski definition) is 0. The first kappa shape index (κ1) is 705. The summed E-state index contributed by atoms with van der Waals surface area (Å²) in [7, 11) is 0. The Hall–Kier alpha value is 0.532. The van der Waals surface area contributed by atoms with Crippen LogP contribution in [-0.2, 0) is 0 Å². The average Bonchev–Trinajstić information content (AvgIpc) is 0. The molecule has 0 aromatic rings. The summed E-state index contributed by atoms with van der Waals surface area (Å²) in [5.74, 6) is 0. The van der Waals surface area contributed by atoms with Gasteiger partial charge in [-0.3, -0.25) is 0 Å². The molecule has 0 atom stereocenters. The van der Waals surface area contributed by atoms with Crippen LogP contribution in [0.25, 0.3) is 0 Å². The minimum absolute atomic E-state index is 0. The van der Waals surface area contributed by atoms with Gasteiger partial charge in [0.25, 0.3) is 0 Å². The molecule has 0 aliphatic heterocycles. The predicted molar refractivity (Wildman–Crippen MR) is 43.6 cm³/mol. The smallest absolute Gasteiger partial charge is 0.0776 e. The van der Waals surface area contributed by atoms with Gasteiger partial charge >= 0.3 is 0 Å². The lowest BCUT2D eigenvalue weighted by atomic mass is 12.0. The van der Waals surface area contributed by atoms with Gasteiger partial charge in [-0.15, -0.1) is 0 Å².